The van der Waals surface area contributed by atoms with Gasteiger partial charge in [-0.3, -0.25) is 13.8 Å². The smallest absolute Gasteiger partial charge is 0.457 e. The van der Waals surface area contributed by atoms with Crippen molar-refractivity contribution in [2.45, 2.75) is 251 Å². The van der Waals surface area contributed by atoms with Gasteiger partial charge < -0.3 is 18.9 Å². The molecule has 0 rings (SSSR count). The number of esters is 1. The maximum atomic E-state index is 12.8. The zero-order chi connectivity index (χ0) is 50.5. The van der Waals surface area contributed by atoms with Crippen LogP contribution in [0.4, 0.5) is 0 Å². The molecule has 0 aromatic heterocycles. The van der Waals surface area contributed by atoms with Crippen LogP contribution in [0.3, 0.4) is 0 Å². The van der Waals surface area contributed by atoms with Crippen LogP contribution in [-0.2, 0) is 27.9 Å². The Hall–Kier alpha value is -2.06. The van der Waals surface area contributed by atoms with Gasteiger partial charge in [-0.2, -0.15) is 0 Å². The van der Waals surface area contributed by atoms with E-state index in [1.165, 1.54) is 148 Å². The molecule has 0 saturated heterocycles. The largest absolute Gasteiger partial charge is 0.472 e. The Labute approximate surface area is 427 Å². The number of allylic oxidation sites excluding steroid dienone is 12. The number of phosphoric ester groups is 1. The van der Waals surface area contributed by atoms with Gasteiger partial charge >= 0.3 is 13.8 Å². The Morgan fingerprint density at radius 1 is 0.464 bits per heavy atom. The summed E-state index contributed by atoms with van der Waals surface area (Å²) in [6.07, 6.45) is 69.6. The lowest BCUT2D eigenvalue weighted by atomic mass is 10.0. The molecule has 0 aromatic carbocycles. The first kappa shape index (κ1) is 66.9. The standard InChI is InChI=1S/C60H110NO7P/c1-6-8-10-12-14-16-18-20-22-24-26-28-30-31-32-33-35-37-39-41-43-45-47-49-51-53-60(62)68-59(58-67-69(63,64)66-56-54-61(3,4)5)57-65-55-52-50-48-46-44-42-40-38-36-34-29-27-25-23-21-19-17-15-13-11-9-7-2/h9,11,15,17,21,23-24,26-27,29,36,38,59H,6-8,10,12-14,16,18-20,22,25,28,30-35,37,39-58H2,1-5H3/p+1/b11-9-,17-15-,23-21-,26-24-,29-27-,38-36-. The highest BCUT2D eigenvalue weighted by Crippen LogP contribution is 2.43. The van der Waals surface area contributed by atoms with Crippen molar-refractivity contribution in [1.82, 2.24) is 0 Å². The third-order valence-electron chi connectivity index (χ3n) is 12.3. The lowest BCUT2D eigenvalue weighted by molar-refractivity contribution is -0.870. The van der Waals surface area contributed by atoms with Crippen LogP contribution in [0.1, 0.15) is 245 Å². The summed E-state index contributed by atoms with van der Waals surface area (Å²) in [5.74, 6) is -0.318. The fourth-order valence-corrected chi connectivity index (χ4v) is 8.61. The summed E-state index contributed by atoms with van der Waals surface area (Å²) in [4.78, 5) is 23.1. The molecule has 1 N–H and O–H groups in total. The minimum atomic E-state index is -4.29. The van der Waals surface area contributed by atoms with Crippen molar-refractivity contribution in [3.05, 3.63) is 72.9 Å². The summed E-state index contributed by atoms with van der Waals surface area (Å²) in [5.41, 5.74) is 0. The Bertz CT molecular complexity index is 1330. The average Bonchev–Trinajstić information content (AvgIpc) is 3.31. The van der Waals surface area contributed by atoms with Gasteiger partial charge in [0.15, 0.2) is 0 Å². The molecule has 0 amide bonds. The second-order valence-corrected chi connectivity index (χ2v) is 21.7. The van der Waals surface area contributed by atoms with E-state index in [4.69, 9.17) is 18.5 Å². The summed E-state index contributed by atoms with van der Waals surface area (Å²) in [6.45, 7) is 5.49. The number of unbranched alkanes of at least 4 members (excludes halogenated alkanes) is 27. The summed E-state index contributed by atoms with van der Waals surface area (Å²) in [7, 11) is 1.65. The zero-order valence-corrected chi connectivity index (χ0v) is 46.7. The van der Waals surface area contributed by atoms with E-state index < -0.39 is 13.9 Å². The molecule has 0 fully saturated rings. The van der Waals surface area contributed by atoms with Crippen LogP contribution in [-0.4, -0.2) is 75.6 Å². The fraction of sp³-hybridized carbons (Fsp3) is 0.783. The number of nitrogens with zero attached hydrogens (tertiary/aromatic N) is 1. The molecule has 0 saturated carbocycles. The first-order chi connectivity index (χ1) is 33.6. The molecular weight excluding hydrogens is 878 g/mol. The van der Waals surface area contributed by atoms with Gasteiger partial charge in [0.2, 0.25) is 0 Å². The minimum Gasteiger partial charge on any atom is -0.457 e. The van der Waals surface area contributed by atoms with Crippen LogP contribution >= 0.6 is 7.82 Å². The van der Waals surface area contributed by atoms with Crippen molar-refractivity contribution >= 4 is 13.8 Å². The second-order valence-electron chi connectivity index (χ2n) is 20.3. The number of rotatable bonds is 53. The van der Waals surface area contributed by atoms with Gasteiger partial charge in [0.1, 0.15) is 19.3 Å². The highest BCUT2D eigenvalue weighted by molar-refractivity contribution is 7.47. The van der Waals surface area contributed by atoms with Crippen LogP contribution in [0.25, 0.3) is 0 Å². The predicted octanol–water partition coefficient (Wildman–Crippen LogP) is 18.2. The van der Waals surface area contributed by atoms with Gasteiger partial charge in [0.05, 0.1) is 34.4 Å². The van der Waals surface area contributed by atoms with Gasteiger partial charge in [-0.25, -0.2) is 4.57 Å². The molecule has 8 nitrogen and oxygen atoms in total. The van der Waals surface area contributed by atoms with E-state index in [1.54, 1.807) is 0 Å². The molecule has 0 heterocycles. The third kappa shape index (κ3) is 56.7. The van der Waals surface area contributed by atoms with Gasteiger partial charge in [-0.1, -0.05) is 228 Å². The molecule has 69 heavy (non-hydrogen) atoms. The topological polar surface area (TPSA) is 91.3 Å². The molecule has 0 spiro atoms. The molecule has 0 bridgehead atoms. The molecule has 0 aliphatic rings. The Kier molecular flexibility index (Phi) is 50.7. The number of carbonyl (C=O) groups is 1. The highest BCUT2D eigenvalue weighted by Gasteiger charge is 2.26. The Morgan fingerprint density at radius 3 is 1.28 bits per heavy atom. The quantitative estimate of drug-likeness (QED) is 0.0213. The van der Waals surface area contributed by atoms with E-state index in [0.29, 0.717) is 24.1 Å². The van der Waals surface area contributed by atoms with E-state index >= 15 is 0 Å². The SMILES string of the molecule is CC/C=C\C/C=C\C/C=C\C/C=C\C/C=C\CCCCCCCCOCC(COP(=O)(O)OCC[N+](C)(C)C)OC(=O)CCCCCCCCCCCCCCC/C=C\CCCCCCCCCC. The van der Waals surface area contributed by atoms with Gasteiger partial charge in [-0.05, 0) is 83.5 Å². The van der Waals surface area contributed by atoms with Crippen LogP contribution in [0, 0.1) is 0 Å². The molecule has 402 valence electrons. The van der Waals surface area contributed by atoms with Crippen LogP contribution in [0.5, 0.6) is 0 Å². The Balaban J connectivity index is 4.11. The van der Waals surface area contributed by atoms with E-state index in [9.17, 15) is 14.3 Å². The fourth-order valence-electron chi connectivity index (χ4n) is 7.87. The van der Waals surface area contributed by atoms with Crippen molar-refractivity contribution in [2.24, 2.45) is 0 Å². The van der Waals surface area contributed by atoms with Crippen molar-refractivity contribution < 1.29 is 37.3 Å². The van der Waals surface area contributed by atoms with Crippen LogP contribution in [0.15, 0.2) is 72.9 Å². The van der Waals surface area contributed by atoms with Crippen LogP contribution in [0.2, 0.25) is 0 Å². The minimum absolute atomic E-state index is 0.0829. The lowest BCUT2D eigenvalue weighted by Crippen LogP contribution is -2.37. The Morgan fingerprint density at radius 2 is 0.841 bits per heavy atom. The molecule has 0 radical (unpaired) electrons. The molecule has 9 heteroatoms. The third-order valence-corrected chi connectivity index (χ3v) is 13.2. The number of likely N-dealkylation sites (N-methyl/N-ethyl adjacent to an activating group) is 1. The maximum absolute atomic E-state index is 12.8. The van der Waals surface area contributed by atoms with Gasteiger partial charge in [0.25, 0.3) is 0 Å². The number of ether oxygens (including phenoxy) is 2. The number of phosphoric acid groups is 1. The highest BCUT2D eigenvalue weighted by atomic mass is 31.2. The zero-order valence-electron chi connectivity index (χ0n) is 45.8. The molecule has 0 aromatic rings. The predicted molar refractivity (Wildman–Crippen MR) is 298 cm³/mol. The summed E-state index contributed by atoms with van der Waals surface area (Å²) < 4.78 is 35.2. The molecule has 0 aliphatic carbocycles. The van der Waals surface area contributed by atoms with E-state index in [1.807, 2.05) is 21.1 Å². The lowest BCUT2D eigenvalue weighted by Gasteiger charge is -2.24. The van der Waals surface area contributed by atoms with Crippen LogP contribution < -0.4 is 0 Å². The number of carbonyl (C=O) groups excluding carboxylic acids is 1. The second kappa shape index (κ2) is 52.3. The first-order valence-electron chi connectivity index (χ1n) is 28.7. The molecule has 2 unspecified atom stereocenters. The summed E-state index contributed by atoms with van der Waals surface area (Å²) in [5, 5.41) is 0. The van der Waals surface area contributed by atoms with Gasteiger partial charge in [0, 0.05) is 13.0 Å². The molecule has 0 aliphatic heterocycles. The molecule has 2 atom stereocenters. The van der Waals surface area contributed by atoms with E-state index in [2.05, 4.69) is 86.8 Å². The van der Waals surface area contributed by atoms with Crippen molar-refractivity contribution in [3.8, 4) is 0 Å². The van der Waals surface area contributed by atoms with E-state index in [-0.39, 0.29) is 25.8 Å². The first-order valence-corrected chi connectivity index (χ1v) is 30.2. The van der Waals surface area contributed by atoms with Gasteiger partial charge in [-0.15, -0.1) is 0 Å². The number of hydrogen-bond acceptors (Lipinski definition) is 6. The van der Waals surface area contributed by atoms with E-state index in [0.717, 1.165) is 77.0 Å². The average molecular weight is 990 g/mol. The maximum Gasteiger partial charge on any atom is 0.472 e. The monoisotopic (exact) mass is 989 g/mol. The number of hydrogen-bond donors (Lipinski definition) is 1. The normalized spacial score (nSPS) is 14.0. The van der Waals surface area contributed by atoms with Crippen molar-refractivity contribution in [3.63, 3.8) is 0 Å². The summed E-state index contributed by atoms with van der Waals surface area (Å²) in [6, 6.07) is 0. The summed E-state index contributed by atoms with van der Waals surface area (Å²) >= 11 is 0. The van der Waals surface area contributed by atoms with Crippen molar-refractivity contribution in [2.75, 3.05) is 54.1 Å². The van der Waals surface area contributed by atoms with Crippen molar-refractivity contribution in [1.29, 1.82) is 0 Å². The number of quaternary nitrogens is 1. The molecular formula is C60H111NO7P+.